The minimum Gasteiger partial charge on any atom is -0.459 e. The van der Waals surface area contributed by atoms with Crippen LogP contribution >= 0.6 is 0 Å². The molecule has 0 aliphatic carbocycles. The van der Waals surface area contributed by atoms with Gasteiger partial charge in [-0.1, -0.05) is 176 Å². The lowest BCUT2D eigenvalue weighted by atomic mass is 10.0. The maximum absolute atomic E-state index is 6.18. The Labute approximate surface area is 394 Å². The Balaban J connectivity index is 0.969. The summed E-state index contributed by atoms with van der Waals surface area (Å²) in [4.78, 5) is 4.91. The zero-order valence-corrected chi connectivity index (χ0v) is 38.0. The zero-order valence-electron chi connectivity index (χ0n) is 37.0. The molecule has 10 aromatic carbocycles. The minimum absolute atomic E-state index is 0.517. The summed E-state index contributed by atoms with van der Waals surface area (Å²) in [5.41, 5.74) is 13.6. The first-order valence-electron chi connectivity index (χ1n) is 23.3. The average molecular weight is 887 g/mol. The lowest BCUT2D eigenvalue weighted by Crippen LogP contribution is -2.74. The molecular weight excluding hydrogens is 845 g/mol. The van der Waals surface area contributed by atoms with E-state index in [-0.39, 0.29) is 0 Å². The molecule has 0 fully saturated rings. The van der Waals surface area contributed by atoms with E-state index < -0.39 is 8.07 Å². The van der Waals surface area contributed by atoms with Gasteiger partial charge in [-0.05, 0) is 98.6 Å². The first kappa shape index (κ1) is 38.5. The van der Waals surface area contributed by atoms with E-state index in [0.717, 1.165) is 44.8 Å². The molecule has 6 heteroatoms. The molecule has 0 atom stereocenters. The topological polar surface area (TPSA) is 36.9 Å². The third-order valence-corrected chi connectivity index (χ3v) is 19.0. The van der Waals surface area contributed by atoms with E-state index in [1.807, 2.05) is 0 Å². The zero-order chi connectivity index (χ0) is 44.8. The Hall–Kier alpha value is -8.71. The van der Waals surface area contributed by atoms with E-state index in [9.17, 15) is 0 Å². The van der Waals surface area contributed by atoms with Crippen LogP contribution in [0.5, 0.6) is 6.01 Å². The summed E-state index contributed by atoms with van der Waals surface area (Å²) in [6.45, 7) is 0.517. The van der Waals surface area contributed by atoms with Crippen molar-refractivity contribution in [3.8, 4) is 34.2 Å². The number of fused-ring (bicyclic) bond motifs is 11. The van der Waals surface area contributed by atoms with E-state index in [0.29, 0.717) is 12.6 Å². The van der Waals surface area contributed by atoms with Crippen LogP contribution in [-0.4, -0.2) is 26.8 Å². The first-order chi connectivity index (χ1) is 33.7. The van der Waals surface area contributed by atoms with Crippen LogP contribution in [0.25, 0.3) is 82.8 Å². The molecule has 5 nitrogen and oxygen atoms in total. The number of hydrogen-bond donors (Lipinski definition) is 0. The molecule has 0 unspecified atom stereocenters. The van der Waals surface area contributed by atoms with Crippen molar-refractivity contribution in [2.45, 2.75) is 6.61 Å². The lowest BCUT2D eigenvalue weighted by molar-refractivity contribution is 0.265. The fourth-order valence-corrected chi connectivity index (χ4v) is 16.1. The molecule has 320 valence electrons. The summed E-state index contributed by atoms with van der Waals surface area (Å²) < 4.78 is 13.2. The third kappa shape index (κ3) is 5.71. The van der Waals surface area contributed by atoms with Gasteiger partial charge in [0.05, 0.1) is 38.8 Å². The second-order valence-corrected chi connectivity index (χ2v) is 21.7. The molecule has 1 aliphatic heterocycles. The predicted molar refractivity (Wildman–Crippen MR) is 283 cm³/mol. The van der Waals surface area contributed by atoms with E-state index in [1.165, 1.54) is 64.4 Å². The van der Waals surface area contributed by atoms with Crippen molar-refractivity contribution in [1.29, 1.82) is 0 Å². The van der Waals surface area contributed by atoms with Crippen molar-refractivity contribution < 1.29 is 4.74 Å². The van der Waals surface area contributed by atoms with Gasteiger partial charge in [-0.15, -0.1) is 0 Å². The van der Waals surface area contributed by atoms with Gasteiger partial charge in [0.15, 0.2) is 8.07 Å². The number of ether oxygens (including phenoxy) is 1. The molecule has 0 saturated carbocycles. The third-order valence-electron chi connectivity index (χ3n) is 14.3. The van der Waals surface area contributed by atoms with Crippen molar-refractivity contribution in [3.63, 3.8) is 0 Å². The smallest absolute Gasteiger partial charge is 0.302 e. The van der Waals surface area contributed by atoms with Crippen LogP contribution in [0.15, 0.2) is 243 Å². The van der Waals surface area contributed by atoms with Crippen LogP contribution < -0.4 is 25.5 Å². The summed E-state index contributed by atoms with van der Waals surface area (Å²) in [7, 11) is -3.01. The van der Waals surface area contributed by atoms with Crippen molar-refractivity contribution >= 4 is 83.5 Å². The van der Waals surface area contributed by atoms with Crippen LogP contribution in [0, 0.1) is 0 Å². The predicted octanol–water partition coefficient (Wildman–Crippen LogP) is 12.2. The fourth-order valence-electron chi connectivity index (χ4n) is 11.3. The maximum atomic E-state index is 6.18. The minimum atomic E-state index is -3.01. The quantitative estimate of drug-likeness (QED) is 0.118. The number of nitrogens with zero attached hydrogens (tertiary/aromatic N) is 4. The van der Waals surface area contributed by atoms with Gasteiger partial charge < -0.3 is 13.9 Å². The highest BCUT2D eigenvalue weighted by atomic mass is 28.3. The highest BCUT2D eigenvalue weighted by molar-refractivity contribution is 7.20. The number of imidazole rings is 1. The molecule has 4 heterocycles. The maximum Gasteiger partial charge on any atom is 0.302 e. The van der Waals surface area contributed by atoms with Crippen LogP contribution in [-0.2, 0) is 6.61 Å². The van der Waals surface area contributed by atoms with E-state index >= 15 is 0 Å². The van der Waals surface area contributed by atoms with Crippen LogP contribution in [0.3, 0.4) is 0 Å². The van der Waals surface area contributed by atoms with E-state index in [4.69, 9.17) is 9.72 Å². The Kier molecular flexibility index (Phi) is 8.60. The Morgan fingerprint density at radius 3 is 1.57 bits per heavy atom. The Morgan fingerprint density at radius 2 is 0.882 bits per heavy atom. The van der Waals surface area contributed by atoms with Crippen LogP contribution in [0.4, 0.5) is 0 Å². The molecule has 0 saturated heterocycles. The highest BCUT2D eigenvalue weighted by Crippen LogP contribution is 2.38. The van der Waals surface area contributed by atoms with Crippen molar-refractivity contribution in [1.82, 2.24) is 18.7 Å². The van der Waals surface area contributed by atoms with Gasteiger partial charge in [-0.2, -0.15) is 4.98 Å². The van der Waals surface area contributed by atoms with Crippen molar-refractivity contribution in [2.75, 3.05) is 0 Å². The van der Waals surface area contributed by atoms with E-state index in [2.05, 4.69) is 256 Å². The molecule has 0 spiro atoms. The molecule has 3 aromatic heterocycles. The fraction of sp³-hybridized carbons (Fsp3) is 0.0161. The summed E-state index contributed by atoms with van der Waals surface area (Å²) in [5.74, 6) is 0. The summed E-state index contributed by atoms with van der Waals surface area (Å²) >= 11 is 0. The van der Waals surface area contributed by atoms with Gasteiger partial charge in [-0.3, -0.25) is 4.57 Å². The number of aromatic nitrogens is 4. The molecule has 0 radical (unpaired) electrons. The van der Waals surface area contributed by atoms with Gasteiger partial charge in [-0.25, -0.2) is 0 Å². The van der Waals surface area contributed by atoms with Crippen molar-refractivity contribution in [2.24, 2.45) is 0 Å². The van der Waals surface area contributed by atoms with Crippen LogP contribution in [0.2, 0.25) is 0 Å². The van der Waals surface area contributed by atoms with Gasteiger partial charge in [0.1, 0.15) is 6.61 Å². The normalized spacial score (nSPS) is 12.5. The Bertz CT molecular complexity index is 4020. The molecule has 0 N–H and O–H groups in total. The molecule has 68 heavy (non-hydrogen) atoms. The van der Waals surface area contributed by atoms with Crippen molar-refractivity contribution in [3.05, 3.63) is 248 Å². The summed E-state index contributed by atoms with van der Waals surface area (Å²) in [5, 5.41) is 10.2. The second kappa shape index (κ2) is 15.2. The molecule has 1 aliphatic rings. The van der Waals surface area contributed by atoms with Gasteiger partial charge in [0, 0.05) is 38.5 Å². The monoisotopic (exact) mass is 886 g/mol. The number of benzene rings is 10. The van der Waals surface area contributed by atoms with Gasteiger partial charge >= 0.3 is 6.01 Å². The second-order valence-electron chi connectivity index (χ2n) is 17.9. The van der Waals surface area contributed by atoms with Gasteiger partial charge in [0.2, 0.25) is 0 Å². The number of para-hydroxylation sites is 4. The molecular formula is C62H42N4OSi. The molecule has 14 rings (SSSR count). The standard InChI is InChI=1S/C62H42N4OSi/c1-3-20-47(21-4-1)68(48-22-5-2-6-23-48,49-24-15-18-42(37-49)43-33-35-55-61(38-43)66-56-29-11-7-17-44(56)41-67-62(66)63-55)50-25-16-19-45(39-50)64-59-32-14-10-28-53(59)54-40-46(34-36-60(54)64)65-57-30-12-8-26-51(57)52-27-9-13-31-58(52)65/h1-40H,41H2. The molecule has 0 amide bonds. The van der Waals surface area contributed by atoms with Crippen LogP contribution in [0.1, 0.15) is 5.56 Å². The molecule has 13 aromatic rings. The summed E-state index contributed by atoms with van der Waals surface area (Å²) in [6.07, 6.45) is 0. The Morgan fingerprint density at radius 1 is 0.353 bits per heavy atom. The number of rotatable bonds is 7. The number of hydrogen-bond acceptors (Lipinski definition) is 2. The molecule has 0 bridgehead atoms. The summed E-state index contributed by atoms with van der Waals surface area (Å²) in [6, 6.07) is 90.2. The van der Waals surface area contributed by atoms with E-state index in [1.54, 1.807) is 0 Å². The average Bonchev–Trinajstić information content (AvgIpc) is 4.07. The van der Waals surface area contributed by atoms with Gasteiger partial charge in [0.25, 0.3) is 0 Å². The SMILES string of the molecule is c1ccc([Si](c2ccccc2)(c2cccc(-c3ccc4nc5n(c4c3)-c3ccccc3CO5)c2)c2cccc(-n3c4ccccc4c4cc(-n5c6ccccc6c6ccccc65)ccc43)c2)cc1. The highest BCUT2D eigenvalue weighted by Gasteiger charge is 2.42. The largest absolute Gasteiger partial charge is 0.459 e. The lowest BCUT2D eigenvalue weighted by Gasteiger charge is -2.35. The first-order valence-corrected chi connectivity index (χ1v) is 25.3.